The van der Waals surface area contributed by atoms with Crippen molar-refractivity contribution in [2.75, 3.05) is 19.7 Å². The highest BCUT2D eigenvalue weighted by atomic mass is 16.7. The zero-order chi connectivity index (χ0) is 25.4. The normalized spacial score (nSPS) is 26.2. The Morgan fingerprint density at radius 1 is 1.31 bits per heavy atom. The van der Waals surface area contributed by atoms with E-state index in [9.17, 15) is 9.90 Å². The van der Waals surface area contributed by atoms with Gasteiger partial charge in [0.2, 0.25) is 6.29 Å². The summed E-state index contributed by atoms with van der Waals surface area (Å²) in [4.78, 5) is 19.0. The standard InChI is InChI=1S/C28H33N3O5/c1-5-6-25-27(36-19(4)35-25)17(2)20-9-12-30(13-10-20)16-26-29-22-8-7-21(28(32)33)15-23(22)31(26)18(3)24-11-14-34-24/h1,6-8,15,18-20,24H,9-14,16H2,2-4H3,(H,32,33)/b25-6+,27-17-. The van der Waals surface area contributed by atoms with E-state index in [1.165, 1.54) is 5.57 Å². The van der Waals surface area contributed by atoms with Crippen LogP contribution in [0.2, 0.25) is 0 Å². The number of nitrogens with zero attached hydrogens (tertiary/aromatic N) is 3. The van der Waals surface area contributed by atoms with Crippen molar-refractivity contribution in [3.05, 3.63) is 52.8 Å². The minimum Gasteiger partial charge on any atom is -0.478 e. The number of carbonyl (C=O) groups is 1. The van der Waals surface area contributed by atoms with Crippen molar-refractivity contribution in [3.63, 3.8) is 0 Å². The van der Waals surface area contributed by atoms with Gasteiger partial charge in [0.05, 0.1) is 35.3 Å². The van der Waals surface area contributed by atoms with Crippen LogP contribution in [0.3, 0.4) is 0 Å². The number of aromatic nitrogens is 2. The first-order valence-corrected chi connectivity index (χ1v) is 12.6. The number of ether oxygens (including phenoxy) is 3. The molecule has 8 nitrogen and oxygen atoms in total. The number of hydrogen-bond acceptors (Lipinski definition) is 6. The number of imidazole rings is 1. The molecule has 1 aromatic carbocycles. The topological polar surface area (TPSA) is 86.0 Å². The Bertz CT molecular complexity index is 1260. The predicted octanol–water partition coefficient (Wildman–Crippen LogP) is 4.48. The lowest BCUT2D eigenvalue weighted by Gasteiger charge is -2.35. The monoisotopic (exact) mass is 491 g/mol. The lowest BCUT2D eigenvalue weighted by atomic mass is 9.89. The van der Waals surface area contributed by atoms with Gasteiger partial charge in [-0.1, -0.05) is 5.92 Å². The first-order valence-electron chi connectivity index (χ1n) is 12.6. The Kier molecular flexibility index (Phi) is 6.78. The molecule has 1 aromatic heterocycles. The SMILES string of the molecule is C#C/C=C1/OC(C)O/C1=C(/C)C1CCN(Cc2nc3ccc(C(=O)O)cc3n2C(C)C2CCO2)CC1. The van der Waals surface area contributed by atoms with E-state index in [1.54, 1.807) is 24.3 Å². The Labute approximate surface area is 211 Å². The van der Waals surface area contributed by atoms with Crippen LogP contribution in [0.4, 0.5) is 0 Å². The molecule has 190 valence electrons. The van der Waals surface area contributed by atoms with Crippen LogP contribution < -0.4 is 0 Å². The number of piperidine rings is 1. The summed E-state index contributed by atoms with van der Waals surface area (Å²) in [7, 11) is 0. The number of aromatic carboxylic acids is 1. The number of rotatable bonds is 6. The maximum atomic E-state index is 11.6. The smallest absolute Gasteiger partial charge is 0.335 e. The van der Waals surface area contributed by atoms with Crippen LogP contribution in [0.5, 0.6) is 0 Å². The number of carboxylic acids is 1. The van der Waals surface area contributed by atoms with E-state index in [4.69, 9.17) is 25.6 Å². The zero-order valence-corrected chi connectivity index (χ0v) is 21.1. The molecule has 2 aromatic rings. The van der Waals surface area contributed by atoms with Gasteiger partial charge in [0.1, 0.15) is 5.82 Å². The molecular weight excluding hydrogens is 458 g/mol. The van der Waals surface area contributed by atoms with Crippen molar-refractivity contribution >= 4 is 17.0 Å². The van der Waals surface area contributed by atoms with Gasteiger partial charge in [0.25, 0.3) is 0 Å². The number of benzene rings is 1. The molecule has 3 atom stereocenters. The fourth-order valence-electron chi connectivity index (χ4n) is 5.49. The molecule has 1 N–H and O–H groups in total. The Morgan fingerprint density at radius 3 is 2.69 bits per heavy atom. The van der Waals surface area contributed by atoms with Gasteiger partial charge in [0.15, 0.2) is 11.5 Å². The fraction of sp³-hybridized carbons (Fsp3) is 0.500. The highest BCUT2D eigenvalue weighted by Gasteiger charge is 2.32. The van der Waals surface area contributed by atoms with Crippen LogP contribution >= 0.6 is 0 Å². The number of fused-ring (bicyclic) bond motifs is 1. The van der Waals surface area contributed by atoms with Crippen LogP contribution in [0, 0.1) is 18.3 Å². The average molecular weight is 492 g/mol. The third-order valence-electron chi connectivity index (χ3n) is 7.63. The Morgan fingerprint density at radius 2 is 2.06 bits per heavy atom. The quantitative estimate of drug-likeness (QED) is 0.596. The molecule has 3 saturated heterocycles. The summed E-state index contributed by atoms with van der Waals surface area (Å²) in [5.74, 6) is 4.38. The highest BCUT2D eigenvalue weighted by molar-refractivity contribution is 5.92. The summed E-state index contributed by atoms with van der Waals surface area (Å²) in [5, 5.41) is 9.52. The van der Waals surface area contributed by atoms with Gasteiger partial charge >= 0.3 is 5.97 Å². The minimum atomic E-state index is -0.934. The Balaban J connectivity index is 1.35. The van der Waals surface area contributed by atoms with Crippen LogP contribution in [-0.4, -0.2) is 57.6 Å². The number of hydrogen-bond donors (Lipinski definition) is 1. The fourth-order valence-corrected chi connectivity index (χ4v) is 5.49. The number of likely N-dealkylation sites (tertiary alicyclic amines) is 1. The highest BCUT2D eigenvalue weighted by Crippen LogP contribution is 2.36. The van der Waals surface area contributed by atoms with Gasteiger partial charge in [-0.05, 0) is 75.9 Å². The molecule has 5 rings (SSSR count). The first kappa shape index (κ1) is 24.4. The van der Waals surface area contributed by atoms with Crippen molar-refractivity contribution in [1.82, 2.24) is 14.5 Å². The number of carboxylic acid groups (broad SMARTS) is 1. The molecule has 0 spiro atoms. The summed E-state index contributed by atoms with van der Waals surface area (Å²) < 4.78 is 19.6. The van der Waals surface area contributed by atoms with Gasteiger partial charge in [-0.2, -0.15) is 0 Å². The molecule has 3 aliphatic rings. The van der Waals surface area contributed by atoms with E-state index in [1.807, 2.05) is 6.92 Å². The van der Waals surface area contributed by atoms with Gasteiger partial charge < -0.3 is 23.9 Å². The van der Waals surface area contributed by atoms with Gasteiger partial charge in [-0.15, -0.1) is 6.42 Å². The summed E-state index contributed by atoms with van der Waals surface area (Å²) in [6.45, 7) is 9.45. The van der Waals surface area contributed by atoms with E-state index < -0.39 is 5.97 Å². The van der Waals surface area contributed by atoms with Crippen LogP contribution in [-0.2, 0) is 20.8 Å². The van der Waals surface area contributed by atoms with Crippen LogP contribution in [0.25, 0.3) is 11.0 Å². The first-order chi connectivity index (χ1) is 17.4. The molecule has 8 heteroatoms. The van der Waals surface area contributed by atoms with Crippen LogP contribution in [0.1, 0.15) is 62.3 Å². The van der Waals surface area contributed by atoms with Gasteiger partial charge in [0, 0.05) is 19.6 Å². The number of terminal acetylenes is 1. The molecule has 0 saturated carbocycles. The van der Waals surface area contributed by atoms with E-state index in [0.717, 1.165) is 61.6 Å². The van der Waals surface area contributed by atoms with Crippen LogP contribution in [0.15, 0.2) is 41.4 Å². The second kappa shape index (κ2) is 10.00. The molecule has 4 heterocycles. The van der Waals surface area contributed by atoms with Crippen molar-refractivity contribution in [3.8, 4) is 12.3 Å². The van der Waals surface area contributed by atoms with E-state index in [-0.39, 0.29) is 24.0 Å². The molecule has 0 amide bonds. The lowest BCUT2D eigenvalue weighted by Crippen LogP contribution is -2.37. The molecule has 36 heavy (non-hydrogen) atoms. The van der Waals surface area contributed by atoms with Gasteiger partial charge in [-0.3, -0.25) is 4.90 Å². The molecule has 0 radical (unpaired) electrons. The van der Waals surface area contributed by atoms with E-state index >= 15 is 0 Å². The molecule has 3 aliphatic heterocycles. The van der Waals surface area contributed by atoms with Gasteiger partial charge in [-0.25, -0.2) is 9.78 Å². The summed E-state index contributed by atoms with van der Waals surface area (Å²) >= 11 is 0. The maximum Gasteiger partial charge on any atom is 0.335 e. The average Bonchev–Trinajstić information content (AvgIpc) is 3.37. The second-order valence-electron chi connectivity index (χ2n) is 9.89. The maximum absolute atomic E-state index is 11.6. The number of allylic oxidation sites excluding steroid dienone is 2. The summed E-state index contributed by atoms with van der Waals surface area (Å²) in [6.07, 6.45) is 9.89. The summed E-state index contributed by atoms with van der Waals surface area (Å²) in [6, 6.07) is 5.24. The predicted molar refractivity (Wildman–Crippen MR) is 135 cm³/mol. The van der Waals surface area contributed by atoms with E-state index in [0.29, 0.717) is 18.2 Å². The largest absolute Gasteiger partial charge is 0.478 e. The minimum absolute atomic E-state index is 0.0789. The van der Waals surface area contributed by atoms with Crippen molar-refractivity contribution in [2.24, 2.45) is 5.92 Å². The molecule has 0 bridgehead atoms. The lowest BCUT2D eigenvalue weighted by molar-refractivity contribution is -0.0762. The molecule has 0 aliphatic carbocycles. The molecule has 3 fully saturated rings. The molecule has 3 unspecified atom stereocenters. The van der Waals surface area contributed by atoms with Crippen molar-refractivity contribution in [2.45, 2.75) is 65.0 Å². The third kappa shape index (κ3) is 4.61. The third-order valence-corrected chi connectivity index (χ3v) is 7.63. The second-order valence-corrected chi connectivity index (χ2v) is 9.89. The van der Waals surface area contributed by atoms with Crippen molar-refractivity contribution in [1.29, 1.82) is 0 Å². The summed E-state index contributed by atoms with van der Waals surface area (Å²) in [5.41, 5.74) is 3.12. The van der Waals surface area contributed by atoms with Crippen molar-refractivity contribution < 1.29 is 24.1 Å². The molecular formula is C28H33N3O5. The zero-order valence-electron chi connectivity index (χ0n) is 21.1. The van der Waals surface area contributed by atoms with E-state index in [2.05, 4.69) is 29.2 Å². The Hall–Kier alpha value is -3.28.